The summed E-state index contributed by atoms with van der Waals surface area (Å²) in [4.78, 5) is 29.6. The van der Waals surface area contributed by atoms with E-state index in [0.29, 0.717) is 40.8 Å². The number of benzene rings is 1. The molecule has 1 aromatic rings. The molecular formula is C31H49NO3Si. The van der Waals surface area contributed by atoms with Gasteiger partial charge in [0.15, 0.2) is 5.78 Å². The molecule has 4 nitrogen and oxygen atoms in total. The Hall–Kier alpha value is -1.88. The second-order valence-electron chi connectivity index (χ2n) is 12.6. The first-order chi connectivity index (χ1) is 16.9. The SMILES string of the molecule is CC(C)[C@@H]1CC[C@@H](C)C[C@H]1OC(=O)N1C=C([Si](C(C)C)(C(C)C)C(C)C)C(=O)C[C@H]1c1ccccc1. The van der Waals surface area contributed by atoms with Crippen LogP contribution in [0.15, 0.2) is 41.7 Å². The first-order valence-electron chi connectivity index (χ1n) is 14.2. The lowest BCUT2D eigenvalue weighted by Gasteiger charge is -2.47. The highest BCUT2D eigenvalue weighted by atomic mass is 28.3. The zero-order valence-electron chi connectivity index (χ0n) is 24.1. The van der Waals surface area contributed by atoms with Crippen molar-refractivity contribution in [1.29, 1.82) is 0 Å². The van der Waals surface area contributed by atoms with Crippen LogP contribution in [0.5, 0.6) is 0 Å². The summed E-state index contributed by atoms with van der Waals surface area (Å²) >= 11 is 0. The molecule has 0 bridgehead atoms. The Bertz CT molecular complexity index is 915. The van der Waals surface area contributed by atoms with Gasteiger partial charge in [-0.15, -0.1) is 0 Å². The third kappa shape index (κ3) is 5.51. The van der Waals surface area contributed by atoms with Crippen LogP contribution in [0.25, 0.3) is 0 Å². The first-order valence-corrected chi connectivity index (χ1v) is 16.4. The van der Waals surface area contributed by atoms with Crippen molar-refractivity contribution in [3.05, 3.63) is 47.3 Å². The number of nitrogens with zero attached hydrogens (tertiary/aromatic N) is 1. The highest BCUT2D eigenvalue weighted by molar-refractivity contribution is 6.93. The van der Waals surface area contributed by atoms with Crippen LogP contribution >= 0.6 is 0 Å². The molecule has 0 saturated heterocycles. The van der Waals surface area contributed by atoms with Crippen molar-refractivity contribution in [2.75, 3.05) is 0 Å². The molecule has 1 amide bonds. The smallest absolute Gasteiger partial charge is 0.414 e. The molecule has 4 atom stereocenters. The van der Waals surface area contributed by atoms with Crippen molar-refractivity contribution in [2.45, 2.75) is 117 Å². The van der Waals surface area contributed by atoms with E-state index in [1.54, 1.807) is 4.90 Å². The Balaban J connectivity index is 2.08. The quantitative estimate of drug-likeness (QED) is 0.344. The Morgan fingerprint density at radius 3 is 2.06 bits per heavy atom. The zero-order chi connectivity index (χ0) is 26.8. The van der Waals surface area contributed by atoms with Crippen molar-refractivity contribution in [1.82, 2.24) is 4.90 Å². The predicted molar refractivity (Wildman–Crippen MR) is 151 cm³/mol. The largest absolute Gasteiger partial charge is 0.446 e. The van der Waals surface area contributed by atoms with Crippen LogP contribution < -0.4 is 0 Å². The molecule has 1 aliphatic heterocycles. The van der Waals surface area contributed by atoms with Gasteiger partial charge in [-0.2, -0.15) is 0 Å². The standard InChI is InChI=1S/C31H49NO3Si/c1-20(2)26-16-15-24(9)17-29(26)35-31(34)32-19-30(36(21(3)4,22(5)6)23(7)8)28(33)18-27(32)25-13-11-10-12-14-25/h10-14,19-24,26-27,29H,15-18H2,1-9H3/t24-,26+,27+,29-/m1/s1. The molecule has 0 spiro atoms. The molecule has 200 valence electrons. The number of Topliss-reactive ketones (excluding diaryl/α,β-unsaturated/α-hetero) is 1. The number of hydrogen-bond donors (Lipinski definition) is 0. The fraction of sp³-hybridized carbons (Fsp3) is 0.677. The van der Waals surface area contributed by atoms with E-state index in [0.717, 1.165) is 23.6 Å². The van der Waals surface area contributed by atoms with E-state index < -0.39 is 8.07 Å². The summed E-state index contributed by atoms with van der Waals surface area (Å²) in [7, 11) is -2.24. The summed E-state index contributed by atoms with van der Waals surface area (Å²) in [6.07, 6.45) is 5.10. The molecule has 1 saturated carbocycles. The van der Waals surface area contributed by atoms with Gasteiger partial charge in [0, 0.05) is 12.6 Å². The predicted octanol–water partition coefficient (Wildman–Crippen LogP) is 8.70. The van der Waals surface area contributed by atoms with E-state index in [9.17, 15) is 9.59 Å². The van der Waals surface area contributed by atoms with Gasteiger partial charge >= 0.3 is 6.09 Å². The second kappa shape index (κ2) is 11.7. The molecule has 1 heterocycles. The van der Waals surface area contributed by atoms with E-state index in [1.165, 1.54) is 6.42 Å². The van der Waals surface area contributed by atoms with E-state index in [1.807, 2.05) is 36.5 Å². The lowest BCUT2D eigenvalue weighted by atomic mass is 9.75. The number of carbonyl (C=O) groups excluding carboxylic acids is 2. The summed E-state index contributed by atoms with van der Waals surface area (Å²) in [5, 5.41) is 0.920. The van der Waals surface area contributed by atoms with Crippen LogP contribution in [-0.4, -0.2) is 31.0 Å². The van der Waals surface area contributed by atoms with Crippen LogP contribution in [0.1, 0.15) is 99.6 Å². The molecule has 5 heteroatoms. The Morgan fingerprint density at radius 1 is 0.944 bits per heavy atom. The minimum absolute atomic E-state index is 0.0746. The molecule has 36 heavy (non-hydrogen) atoms. The summed E-state index contributed by atoms with van der Waals surface area (Å²) in [6.45, 7) is 20.3. The topological polar surface area (TPSA) is 46.6 Å². The highest BCUT2D eigenvalue weighted by Gasteiger charge is 2.51. The van der Waals surface area contributed by atoms with Gasteiger partial charge < -0.3 is 4.74 Å². The number of ketones is 1. The summed E-state index contributed by atoms with van der Waals surface area (Å²) in [5.41, 5.74) is 2.16. The van der Waals surface area contributed by atoms with E-state index in [-0.39, 0.29) is 24.0 Å². The van der Waals surface area contributed by atoms with Crippen LogP contribution in [-0.2, 0) is 9.53 Å². The molecule has 0 aromatic heterocycles. The fourth-order valence-corrected chi connectivity index (χ4v) is 14.4. The minimum atomic E-state index is -2.24. The number of carbonyl (C=O) groups is 2. The van der Waals surface area contributed by atoms with Gasteiger partial charge in [0.1, 0.15) is 14.2 Å². The van der Waals surface area contributed by atoms with Gasteiger partial charge in [0.25, 0.3) is 0 Å². The van der Waals surface area contributed by atoms with Crippen LogP contribution in [0, 0.1) is 17.8 Å². The van der Waals surface area contributed by atoms with E-state index in [2.05, 4.69) is 62.3 Å². The summed E-state index contributed by atoms with van der Waals surface area (Å²) in [5.74, 6) is 1.62. The van der Waals surface area contributed by atoms with E-state index >= 15 is 0 Å². The maximum atomic E-state index is 14.0. The van der Waals surface area contributed by atoms with Crippen molar-refractivity contribution in [2.24, 2.45) is 17.8 Å². The number of rotatable bonds is 7. The normalized spacial score (nSPS) is 25.6. The Morgan fingerprint density at radius 2 is 1.53 bits per heavy atom. The lowest BCUT2D eigenvalue weighted by Crippen LogP contribution is -2.52. The van der Waals surface area contributed by atoms with Crippen molar-refractivity contribution >= 4 is 20.0 Å². The van der Waals surface area contributed by atoms with Gasteiger partial charge in [-0.1, -0.05) is 99.1 Å². The fourth-order valence-electron chi connectivity index (χ4n) is 7.55. The highest BCUT2D eigenvalue weighted by Crippen LogP contribution is 2.49. The molecule has 0 unspecified atom stereocenters. The molecule has 1 fully saturated rings. The van der Waals surface area contributed by atoms with Crippen molar-refractivity contribution in [3.63, 3.8) is 0 Å². The van der Waals surface area contributed by atoms with Gasteiger partial charge in [0.2, 0.25) is 0 Å². The van der Waals surface area contributed by atoms with Crippen molar-refractivity contribution in [3.8, 4) is 0 Å². The third-order valence-corrected chi connectivity index (χ3v) is 16.3. The maximum Gasteiger partial charge on any atom is 0.414 e. The third-order valence-electron chi connectivity index (χ3n) is 9.22. The maximum absolute atomic E-state index is 14.0. The number of ether oxygens (including phenoxy) is 1. The first kappa shape index (κ1) is 28.7. The molecular weight excluding hydrogens is 462 g/mol. The average molecular weight is 512 g/mol. The molecule has 0 radical (unpaired) electrons. The van der Waals surface area contributed by atoms with Crippen LogP contribution in [0.4, 0.5) is 4.79 Å². The molecule has 0 N–H and O–H groups in total. The monoisotopic (exact) mass is 511 g/mol. The lowest BCUT2D eigenvalue weighted by molar-refractivity contribution is -0.116. The Kier molecular flexibility index (Phi) is 9.29. The average Bonchev–Trinajstić information content (AvgIpc) is 2.80. The van der Waals surface area contributed by atoms with E-state index in [4.69, 9.17) is 4.74 Å². The zero-order valence-corrected chi connectivity index (χ0v) is 25.1. The van der Waals surface area contributed by atoms with Gasteiger partial charge in [-0.05, 0) is 58.0 Å². The molecule has 1 aliphatic carbocycles. The van der Waals surface area contributed by atoms with Crippen LogP contribution in [0.2, 0.25) is 16.6 Å². The van der Waals surface area contributed by atoms with Crippen molar-refractivity contribution < 1.29 is 14.3 Å². The number of allylic oxidation sites excluding steroid dienone is 1. The number of hydrogen-bond acceptors (Lipinski definition) is 3. The van der Waals surface area contributed by atoms with Gasteiger partial charge in [-0.25, -0.2) is 4.79 Å². The number of amides is 1. The minimum Gasteiger partial charge on any atom is -0.446 e. The van der Waals surface area contributed by atoms with Gasteiger partial charge in [-0.3, -0.25) is 9.69 Å². The van der Waals surface area contributed by atoms with Crippen LogP contribution in [0.3, 0.4) is 0 Å². The Labute approximate surface area is 220 Å². The second-order valence-corrected chi connectivity index (χ2v) is 18.5. The van der Waals surface area contributed by atoms with Gasteiger partial charge in [0.05, 0.1) is 6.04 Å². The summed E-state index contributed by atoms with van der Waals surface area (Å²) in [6, 6.07) is 9.66. The molecule has 2 aliphatic rings. The summed E-state index contributed by atoms with van der Waals surface area (Å²) < 4.78 is 6.35. The molecule has 1 aromatic carbocycles. The molecule has 3 rings (SSSR count).